The molecule has 1 aromatic heterocycles. The van der Waals surface area contributed by atoms with Crippen molar-refractivity contribution >= 4 is 27.9 Å². The minimum Gasteiger partial charge on any atom is -0.435 e. The number of alkyl halides is 2. The van der Waals surface area contributed by atoms with Crippen molar-refractivity contribution in [3.63, 3.8) is 0 Å². The number of nitrogens with zero attached hydrogens (tertiary/aromatic N) is 1. The van der Waals surface area contributed by atoms with E-state index in [2.05, 4.69) is 4.98 Å². The van der Waals surface area contributed by atoms with Crippen molar-refractivity contribution in [2.45, 2.75) is 6.43 Å². The van der Waals surface area contributed by atoms with Crippen molar-refractivity contribution in [3.05, 3.63) is 29.7 Å². The zero-order valence-corrected chi connectivity index (χ0v) is 7.96. The third-order valence-corrected chi connectivity index (χ3v) is 2.04. The summed E-state index contributed by atoms with van der Waals surface area (Å²) in [7, 11) is 0. The second kappa shape index (κ2) is 3.58. The molecule has 0 unspecified atom stereocenters. The molecule has 0 aliphatic heterocycles. The van der Waals surface area contributed by atoms with E-state index < -0.39 is 17.6 Å². The average Bonchev–Trinajstić information content (AvgIpc) is 2.60. The number of carbonyl (C=O) groups is 1. The molecule has 0 N–H and O–H groups in total. The molecular formula is C9H4ClF2NO2. The lowest BCUT2D eigenvalue weighted by atomic mass is 10.2. The number of hydrogen-bond acceptors (Lipinski definition) is 3. The number of oxazole rings is 1. The van der Waals surface area contributed by atoms with Crippen LogP contribution in [0.2, 0.25) is 0 Å². The van der Waals surface area contributed by atoms with Gasteiger partial charge >= 0.3 is 6.43 Å². The van der Waals surface area contributed by atoms with Crippen LogP contribution in [0.4, 0.5) is 8.78 Å². The first kappa shape index (κ1) is 10.0. The van der Waals surface area contributed by atoms with Crippen LogP contribution >= 0.6 is 11.6 Å². The predicted octanol–water partition coefficient (Wildman–Crippen LogP) is 3.14. The van der Waals surface area contributed by atoms with Crippen molar-refractivity contribution in [3.8, 4) is 0 Å². The lowest BCUT2D eigenvalue weighted by Gasteiger charge is -1.91. The van der Waals surface area contributed by atoms with Crippen molar-refractivity contribution in [2.75, 3.05) is 0 Å². The fourth-order valence-corrected chi connectivity index (χ4v) is 1.37. The number of benzene rings is 1. The van der Waals surface area contributed by atoms with Gasteiger partial charge < -0.3 is 4.42 Å². The minimum atomic E-state index is -2.81. The van der Waals surface area contributed by atoms with Gasteiger partial charge in [0.2, 0.25) is 0 Å². The highest BCUT2D eigenvalue weighted by atomic mass is 35.5. The van der Waals surface area contributed by atoms with Crippen LogP contribution in [0.1, 0.15) is 22.7 Å². The fourth-order valence-electron chi connectivity index (χ4n) is 1.22. The average molecular weight is 232 g/mol. The highest BCUT2D eigenvalue weighted by Gasteiger charge is 2.18. The summed E-state index contributed by atoms with van der Waals surface area (Å²) in [6, 6.07) is 4.32. The van der Waals surface area contributed by atoms with E-state index in [0.717, 1.165) is 0 Å². The SMILES string of the molecule is O=C(Cl)c1cccc2oc(C(F)F)nc12. The molecule has 0 aliphatic carbocycles. The number of carbonyl (C=O) groups excluding carboxylic acids is 1. The molecule has 0 atom stereocenters. The Morgan fingerprint density at radius 3 is 2.80 bits per heavy atom. The molecule has 3 nitrogen and oxygen atoms in total. The molecule has 1 aromatic carbocycles. The topological polar surface area (TPSA) is 43.1 Å². The number of fused-ring (bicyclic) bond motifs is 1. The number of para-hydroxylation sites is 1. The molecule has 2 rings (SSSR count). The summed E-state index contributed by atoms with van der Waals surface area (Å²) in [6.45, 7) is 0. The van der Waals surface area contributed by atoms with E-state index in [1.54, 1.807) is 0 Å². The molecule has 6 heteroatoms. The van der Waals surface area contributed by atoms with Crippen LogP contribution < -0.4 is 0 Å². The number of hydrogen-bond donors (Lipinski definition) is 0. The van der Waals surface area contributed by atoms with E-state index >= 15 is 0 Å². The molecule has 2 aromatic rings. The Balaban J connectivity index is 2.70. The second-order valence-corrected chi connectivity index (χ2v) is 3.12. The van der Waals surface area contributed by atoms with Gasteiger partial charge in [0.15, 0.2) is 5.58 Å². The van der Waals surface area contributed by atoms with Gasteiger partial charge in [-0.15, -0.1) is 0 Å². The lowest BCUT2D eigenvalue weighted by Crippen LogP contribution is -1.90. The Labute approximate surface area is 87.7 Å². The summed E-state index contributed by atoms with van der Waals surface area (Å²) >= 11 is 5.26. The zero-order valence-electron chi connectivity index (χ0n) is 7.21. The van der Waals surface area contributed by atoms with Crippen LogP contribution in [0.15, 0.2) is 22.6 Å². The fraction of sp³-hybridized carbons (Fsp3) is 0.111. The molecule has 0 amide bonds. The summed E-state index contributed by atoms with van der Waals surface area (Å²) in [4.78, 5) is 14.4. The Bertz CT molecular complexity index is 524. The predicted molar refractivity (Wildman–Crippen MR) is 49.1 cm³/mol. The number of aromatic nitrogens is 1. The molecule has 0 radical (unpaired) electrons. The quantitative estimate of drug-likeness (QED) is 0.746. The van der Waals surface area contributed by atoms with Gasteiger partial charge in [0, 0.05) is 0 Å². The molecule has 0 bridgehead atoms. The van der Waals surface area contributed by atoms with Crippen molar-refractivity contribution in [1.82, 2.24) is 4.98 Å². The molecule has 0 saturated carbocycles. The summed E-state index contributed by atoms with van der Waals surface area (Å²) in [5, 5.41) is -0.755. The first-order valence-corrected chi connectivity index (χ1v) is 4.35. The first-order chi connectivity index (χ1) is 7.09. The van der Waals surface area contributed by atoms with Crippen LogP contribution in [-0.2, 0) is 0 Å². The van der Waals surface area contributed by atoms with Gasteiger partial charge in [0.1, 0.15) is 5.52 Å². The van der Waals surface area contributed by atoms with Gasteiger partial charge in [-0.1, -0.05) is 6.07 Å². The van der Waals surface area contributed by atoms with Gasteiger partial charge in [-0.05, 0) is 23.7 Å². The Kier molecular flexibility index (Phi) is 2.40. The van der Waals surface area contributed by atoms with E-state index in [1.807, 2.05) is 0 Å². The van der Waals surface area contributed by atoms with Crippen molar-refractivity contribution < 1.29 is 18.0 Å². The first-order valence-electron chi connectivity index (χ1n) is 3.97. The van der Waals surface area contributed by atoms with Gasteiger partial charge in [-0.3, -0.25) is 4.79 Å². The number of rotatable bonds is 2. The highest BCUT2D eigenvalue weighted by molar-refractivity contribution is 6.68. The summed E-state index contributed by atoms with van der Waals surface area (Å²) in [5.74, 6) is -0.713. The van der Waals surface area contributed by atoms with Crippen LogP contribution in [-0.4, -0.2) is 10.2 Å². The van der Waals surface area contributed by atoms with Crippen LogP contribution in [0.5, 0.6) is 0 Å². The van der Waals surface area contributed by atoms with E-state index in [-0.39, 0.29) is 16.7 Å². The maximum atomic E-state index is 12.3. The van der Waals surface area contributed by atoms with E-state index in [9.17, 15) is 13.6 Å². The van der Waals surface area contributed by atoms with Crippen LogP contribution in [0.25, 0.3) is 11.1 Å². The largest absolute Gasteiger partial charge is 0.435 e. The second-order valence-electron chi connectivity index (χ2n) is 2.78. The molecular weight excluding hydrogens is 228 g/mol. The van der Waals surface area contributed by atoms with Gasteiger partial charge in [0.05, 0.1) is 5.56 Å². The third kappa shape index (κ3) is 1.70. The van der Waals surface area contributed by atoms with Gasteiger partial charge in [-0.2, -0.15) is 8.78 Å². The van der Waals surface area contributed by atoms with Gasteiger partial charge in [0.25, 0.3) is 11.1 Å². The Morgan fingerprint density at radius 1 is 1.47 bits per heavy atom. The van der Waals surface area contributed by atoms with Crippen LogP contribution in [0.3, 0.4) is 0 Å². The summed E-state index contributed by atoms with van der Waals surface area (Å²) in [6.07, 6.45) is -2.81. The molecule has 0 saturated heterocycles. The maximum Gasteiger partial charge on any atom is 0.313 e. The maximum absolute atomic E-state index is 12.3. The smallest absolute Gasteiger partial charge is 0.313 e. The number of halogens is 3. The molecule has 78 valence electrons. The Morgan fingerprint density at radius 2 is 2.20 bits per heavy atom. The minimum absolute atomic E-state index is 0.0600. The normalized spacial score (nSPS) is 11.2. The zero-order chi connectivity index (χ0) is 11.0. The summed E-state index contributed by atoms with van der Waals surface area (Å²) < 4.78 is 29.3. The highest BCUT2D eigenvalue weighted by Crippen LogP contribution is 2.26. The van der Waals surface area contributed by atoms with E-state index in [4.69, 9.17) is 16.0 Å². The third-order valence-electron chi connectivity index (χ3n) is 1.83. The van der Waals surface area contributed by atoms with Crippen LogP contribution in [0, 0.1) is 0 Å². The van der Waals surface area contributed by atoms with E-state index in [0.29, 0.717) is 0 Å². The van der Waals surface area contributed by atoms with Crippen molar-refractivity contribution in [2.24, 2.45) is 0 Å². The molecule has 1 heterocycles. The summed E-state index contributed by atoms with van der Waals surface area (Å²) in [5.41, 5.74) is 0.245. The van der Waals surface area contributed by atoms with Crippen molar-refractivity contribution in [1.29, 1.82) is 0 Å². The molecule has 0 fully saturated rings. The van der Waals surface area contributed by atoms with Gasteiger partial charge in [-0.25, -0.2) is 4.98 Å². The molecule has 15 heavy (non-hydrogen) atoms. The lowest BCUT2D eigenvalue weighted by molar-refractivity contribution is 0.108. The monoisotopic (exact) mass is 231 g/mol. The standard InChI is InChI=1S/C9H4ClF2NO2/c10-7(14)4-2-1-3-5-6(4)13-9(15-5)8(11)12/h1-3,8H. The Hall–Kier alpha value is -1.49. The molecule has 0 spiro atoms. The van der Waals surface area contributed by atoms with E-state index in [1.165, 1.54) is 18.2 Å². The molecule has 0 aliphatic rings.